The molecule has 166 valence electrons. The lowest BCUT2D eigenvalue weighted by Gasteiger charge is -2.60. The van der Waals surface area contributed by atoms with E-state index in [2.05, 4.69) is 24.1 Å². The molecule has 3 N–H and O–H groups in total. The third-order valence-electron chi connectivity index (χ3n) is 8.21. The van der Waals surface area contributed by atoms with Gasteiger partial charge in [0.15, 0.2) is 0 Å². The van der Waals surface area contributed by atoms with Crippen molar-refractivity contribution in [1.82, 2.24) is 19.6 Å². The highest BCUT2D eigenvalue weighted by atomic mass is 16.2. The molecule has 3 aliphatic carbocycles. The van der Waals surface area contributed by atoms with Crippen LogP contribution in [0.25, 0.3) is 5.65 Å². The van der Waals surface area contributed by atoms with E-state index in [0.717, 1.165) is 18.9 Å². The molecule has 1 aliphatic heterocycles. The fourth-order valence-corrected chi connectivity index (χ4v) is 6.13. The smallest absolute Gasteiger partial charge is 0.268 e. The van der Waals surface area contributed by atoms with E-state index in [1.165, 1.54) is 19.3 Å². The van der Waals surface area contributed by atoms with Crippen molar-refractivity contribution in [3.05, 3.63) is 35.8 Å². The molecular weight excluding hydrogens is 390 g/mol. The van der Waals surface area contributed by atoms with Crippen LogP contribution in [0.3, 0.4) is 0 Å². The average Bonchev–Trinajstić information content (AvgIpc) is 3.37. The first-order chi connectivity index (χ1) is 14.8. The van der Waals surface area contributed by atoms with E-state index in [4.69, 9.17) is 5.73 Å². The minimum atomic E-state index is -0.0781. The Morgan fingerprint density at radius 2 is 2.10 bits per heavy atom. The molecule has 3 heterocycles. The molecule has 7 nitrogen and oxygen atoms in total. The van der Waals surface area contributed by atoms with Gasteiger partial charge in [0.1, 0.15) is 11.3 Å². The number of hydrogen-bond donors (Lipinski definition) is 2. The zero-order chi connectivity index (χ0) is 21.8. The second-order valence-corrected chi connectivity index (χ2v) is 10.3. The van der Waals surface area contributed by atoms with E-state index in [-0.39, 0.29) is 24.3 Å². The summed E-state index contributed by atoms with van der Waals surface area (Å²) in [6, 6.07) is 5.61. The Labute approximate surface area is 183 Å². The average molecular weight is 424 g/mol. The zero-order valence-electron chi connectivity index (χ0n) is 18.5. The number of carbonyl (C=O) groups is 2. The molecule has 0 radical (unpaired) electrons. The second kappa shape index (κ2) is 7.62. The summed E-state index contributed by atoms with van der Waals surface area (Å²) in [4.78, 5) is 32.0. The maximum absolute atomic E-state index is 13.0. The van der Waals surface area contributed by atoms with Gasteiger partial charge in [-0.1, -0.05) is 19.9 Å². The molecule has 0 aromatic carbocycles. The molecule has 2 aromatic heterocycles. The fraction of sp³-hybridized carbons (Fsp3) is 0.625. The number of carbonyl (C=O) groups excluding carboxylic acids is 2. The normalized spacial score (nSPS) is 29.1. The van der Waals surface area contributed by atoms with Crippen molar-refractivity contribution in [2.45, 2.75) is 52.0 Å². The van der Waals surface area contributed by atoms with Gasteiger partial charge < -0.3 is 16.0 Å². The Kier molecular flexibility index (Phi) is 5.04. The molecular formula is C24H33N5O2. The quantitative estimate of drug-likeness (QED) is 0.771. The Morgan fingerprint density at radius 1 is 1.26 bits per heavy atom. The number of nitrogens with two attached hydrogens (primary N) is 1. The minimum absolute atomic E-state index is 0.0427. The molecule has 0 spiro atoms. The highest BCUT2D eigenvalue weighted by Gasteiger charge is 2.53. The van der Waals surface area contributed by atoms with Gasteiger partial charge in [-0.05, 0) is 61.0 Å². The maximum atomic E-state index is 13.0. The Bertz CT molecular complexity index is 1010. The predicted octanol–water partition coefficient (Wildman–Crippen LogP) is 2.24. The van der Waals surface area contributed by atoms with E-state index < -0.39 is 0 Å². The molecule has 6 rings (SSSR count). The number of pyridine rings is 1. The first-order valence-electron chi connectivity index (χ1n) is 11.6. The van der Waals surface area contributed by atoms with Crippen LogP contribution < -0.4 is 11.1 Å². The van der Waals surface area contributed by atoms with Crippen molar-refractivity contribution in [2.75, 3.05) is 19.6 Å². The summed E-state index contributed by atoms with van der Waals surface area (Å²) >= 11 is 0. The summed E-state index contributed by atoms with van der Waals surface area (Å²) in [6.07, 6.45) is 6.69. The summed E-state index contributed by atoms with van der Waals surface area (Å²) in [5.41, 5.74) is 8.27. The van der Waals surface area contributed by atoms with Crippen molar-refractivity contribution in [2.24, 2.45) is 28.9 Å². The number of likely N-dealkylation sites (tertiary alicyclic amines) is 1. The molecule has 2 bridgehead atoms. The summed E-state index contributed by atoms with van der Waals surface area (Å²) in [7, 11) is 0. The lowest BCUT2D eigenvalue weighted by Crippen LogP contribution is -2.54. The standard InChI is InChI=1S/C24H33N5O2/c1-24(2)16-7-6-15(19(24)10-16)12-26-23(31)20-4-3-5-21-27-18(14-29(20)21)11-22(30)28-9-8-17(25)13-28/h3-5,14-17,19H,6-13,25H2,1-2H3,(H,26,31)/t15-,16+,17-,19-/m0/s1. The number of hydrogen-bond acceptors (Lipinski definition) is 4. The van der Waals surface area contributed by atoms with Crippen LogP contribution in [0, 0.1) is 23.2 Å². The zero-order valence-corrected chi connectivity index (χ0v) is 18.5. The first-order valence-corrected chi connectivity index (χ1v) is 11.6. The molecule has 2 aromatic rings. The molecule has 4 aliphatic rings. The molecule has 0 unspecified atom stereocenters. The Hall–Kier alpha value is -2.41. The predicted molar refractivity (Wildman–Crippen MR) is 119 cm³/mol. The number of rotatable bonds is 5. The fourth-order valence-electron chi connectivity index (χ4n) is 6.13. The van der Waals surface area contributed by atoms with Gasteiger partial charge in [0.05, 0.1) is 12.1 Å². The van der Waals surface area contributed by atoms with Crippen molar-refractivity contribution in [3.63, 3.8) is 0 Å². The van der Waals surface area contributed by atoms with E-state index in [9.17, 15) is 9.59 Å². The van der Waals surface area contributed by atoms with E-state index in [0.29, 0.717) is 47.4 Å². The van der Waals surface area contributed by atoms with Gasteiger partial charge in [-0.3, -0.25) is 14.0 Å². The molecule has 31 heavy (non-hydrogen) atoms. The summed E-state index contributed by atoms with van der Waals surface area (Å²) in [5, 5.41) is 3.18. The van der Waals surface area contributed by atoms with Gasteiger partial charge in [-0.25, -0.2) is 4.98 Å². The lowest BCUT2D eigenvalue weighted by atomic mass is 9.45. The summed E-state index contributed by atoms with van der Waals surface area (Å²) in [6.45, 7) is 6.81. The monoisotopic (exact) mass is 423 g/mol. The van der Waals surface area contributed by atoms with Crippen LogP contribution in [0.1, 0.15) is 55.7 Å². The molecule has 4 atom stereocenters. The third-order valence-corrected chi connectivity index (χ3v) is 8.21. The van der Waals surface area contributed by atoms with Crippen molar-refractivity contribution >= 4 is 17.5 Å². The van der Waals surface area contributed by atoms with Crippen LogP contribution in [0.4, 0.5) is 0 Å². The lowest BCUT2D eigenvalue weighted by molar-refractivity contribution is -0.129. The highest BCUT2D eigenvalue weighted by Crippen LogP contribution is 2.61. The van der Waals surface area contributed by atoms with Crippen molar-refractivity contribution in [3.8, 4) is 0 Å². The number of fused-ring (bicyclic) bond motifs is 3. The SMILES string of the molecule is CC1(C)[C@@H]2CC[C@@H](CNC(=O)c3cccc4nc(CC(=O)N5CC[C@H](N)C5)cn34)[C@@H]1C2. The van der Waals surface area contributed by atoms with Crippen molar-refractivity contribution in [1.29, 1.82) is 0 Å². The van der Waals surface area contributed by atoms with Crippen LogP contribution in [-0.4, -0.2) is 51.8 Å². The number of nitrogens with one attached hydrogen (secondary N) is 1. The van der Waals surface area contributed by atoms with Gasteiger partial charge in [-0.15, -0.1) is 0 Å². The number of aromatic nitrogens is 2. The molecule has 2 amide bonds. The topological polar surface area (TPSA) is 92.7 Å². The molecule has 1 saturated heterocycles. The minimum Gasteiger partial charge on any atom is -0.350 e. The molecule has 7 heteroatoms. The van der Waals surface area contributed by atoms with Gasteiger partial charge in [0.2, 0.25) is 5.91 Å². The van der Waals surface area contributed by atoms with Gasteiger partial charge in [0, 0.05) is 31.9 Å². The van der Waals surface area contributed by atoms with Crippen molar-refractivity contribution < 1.29 is 9.59 Å². The first kappa shape index (κ1) is 20.5. The maximum Gasteiger partial charge on any atom is 0.268 e. The van der Waals surface area contributed by atoms with Gasteiger partial charge in [-0.2, -0.15) is 0 Å². The largest absolute Gasteiger partial charge is 0.350 e. The van der Waals surface area contributed by atoms with Crippen LogP contribution in [-0.2, 0) is 11.2 Å². The van der Waals surface area contributed by atoms with E-state index >= 15 is 0 Å². The second-order valence-electron chi connectivity index (χ2n) is 10.3. The third kappa shape index (κ3) is 3.63. The molecule has 4 fully saturated rings. The van der Waals surface area contributed by atoms with Crippen LogP contribution in [0.15, 0.2) is 24.4 Å². The summed E-state index contributed by atoms with van der Waals surface area (Å²) < 4.78 is 1.80. The number of nitrogens with zero attached hydrogens (tertiary/aromatic N) is 3. The number of imidazole rings is 1. The molecule has 3 saturated carbocycles. The van der Waals surface area contributed by atoms with Crippen LogP contribution in [0.2, 0.25) is 0 Å². The Morgan fingerprint density at radius 3 is 2.81 bits per heavy atom. The van der Waals surface area contributed by atoms with Gasteiger partial charge >= 0.3 is 0 Å². The summed E-state index contributed by atoms with van der Waals surface area (Å²) in [5.74, 6) is 2.10. The highest BCUT2D eigenvalue weighted by molar-refractivity contribution is 5.93. The van der Waals surface area contributed by atoms with Gasteiger partial charge in [0.25, 0.3) is 5.91 Å². The van der Waals surface area contributed by atoms with Crippen LogP contribution in [0.5, 0.6) is 0 Å². The number of amides is 2. The van der Waals surface area contributed by atoms with Crippen LogP contribution >= 0.6 is 0 Å². The Balaban J connectivity index is 1.26. The van der Waals surface area contributed by atoms with E-state index in [1.54, 1.807) is 9.30 Å². The van der Waals surface area contributed by atoms with E-state index in [1.807, 2.05) is 24.4 Å².